The number of aromatic nitrogens is 3. The van der Waals surface area contributed by atoms with Crippen LogP contribution >= 0.6 is 0 Å². The number of nitrogens with one attached hydrogen (secondary N) is 2. The van der Waals surface area contributed by atoms with Crippen LogP contribution in [0.2, 0.25) is 0 Å². The zero-order chi connectivity index (χ0) is 20.6. The molecule has 0 radical (unpaired) electrons. The highest BCUT2D eigenvalue weighted by Gasteiger charge is 2.13. The van der Waals surface area contributed by atoms with Gasteiger partial charge in [0.25, 0.3) is 5.91 Å². The van der Waals surface area contributed by atoms with Gasteiger partial charge in [-0.15, -0.1) is 0 Å². The quantitative estimate of drug-likeness (QED) is 0.506. The molecule has 4 rings (SSSR count). The van der Waals surface area contributed by atoms with E-state index in [1.165, 1.54) is 5.57 Å². The van der Waals surface area contributed by atoms with Crippen molar-refractivity contribution in [2.24, 2.45) is 4.99 Å². The number of nitrogens with zero attached hydrogens (tertiary/aromatic N) is 4. The van der Waals surface area contributed by atoms with Gasteiger partial charge in [-0.2, -0.15) is 5.10 Å². The molecule has 8 heteroatoms. The SMILES string of the molecule is O=C(NCCCN(CC1=CCN=C1)Cc1cnoc1)c1cc(-c2ccccc2)[nH]n1. The average Bonchev–Trinajstić information content (AvgIpc) is 3.54. The predicted molar refractivity (Wildman–Crippen MR) is 114 cm³/mol. The maximum Gasteiger partial charge on any atom is 0.271 e. The van der Waals surface area contributed by atoms with Crippen molar-refractivity contribution >= 4 is 12.1 Å². The number of carbonyl (C=O) groups excluding carboxylic acids is 1. The largest absolute Gasteiger partial charge is 0.364 e. The smallest absolute Gasteiger partial charge is 0.271 e. The second-order valence-corrected chi connectivity index (χ2v) is 7.16. The number of rotatable bonds is 10. The number of amides is 1. The van der Waals surface area contributed by atoms with Crippen LogP contribution < -0.4 is 5.32 Å². The summed E-state index contributed by atoms with van der Waals surface area (Å²) in [6.07, 6.45) is 8.26. The lowest BCUT2D eigenvalue weighted by molar-refractivity contribution is 0.0946. The Morgan fingerprint density at radius 2 is 2.13 bits per heavy atom. The van der Waals surface area contributed by atoms with Crippen LogP contribution in [0.15, 0.2) is 70.0 Å². The molecule has 3 heterocycles. The Labute approximate surface area is 174 Å². The molecule has 3 aromatic rings. The van der Waals surface area contributed by atoms with Crippen LogP contribution in [0.5, 0.6) is 0 Å². The van der Waals surface area contributed by atoms with Crippen LogP contribution in [0.25, 0.3) is 11.3 Å². The molecular formula is C22H24N6O2. The van der Waals surface area contributed by atoms with Crippen LogP contribution in [-0.4, -0.2) is 58.6 Å². The Morgan fingerprint density at radius 3 is 2.90 bits per heavy atom. The van der Waals surface area contributed by atoms with Crippen molar-refractivity contribution in [2.75, 3.05) is 26.2 Å². The molecule has 0 spiro atoms. The fourth-order valence-electron chi connectivity index (χ4n) is 3.33. The summed E-state index contributed by atoms with van der Waals surface area (Å²) < 4.78 is 4.94. The molecule has 0 bridgehead atoms. The van der Waals surface area contributed by atoms with E-state index in [0.717, 1.165) is 49.4 Å². The van der Waals surface area contributed by atoms with Crippen LogP contribution in [0.1, 0.15) is 22.5 Å². The first kappa shape index (κ1) is 19.8. The van der Waals surface area contributed by atoms with Crippen molar-refractivity contribution in [2.45, 2.75) is 13.0 Å². The lowest BCUT2D eigenvalue weighted by atomic mass is 10.1. The van der Waals surface area contributed by atoms with Gasteiger partial charge in [0.05, 0.1) is 18.4 Å². The minimum absolute atomic E-state index is 0.176. The highest BCUT2D eigenvalue weighted by molar-refractivity contribution is 5.93. The van der Waals surface area contributed by atoms with E-state index in [4.69, 9.17) is 4.52 Å². The summed E-state index contributed by atoms with van der Waals surface area (Å²) in [5.41, 5.74) is 4.45. The molecule has 0 atom stereocenters. The number of hydrogen-bond acceptors (Lipinski definition) is 6. The number of carbonyl (C=O) groups is 1. The summed E-state index contributed by atoms with van der Waals surface area (Å²) in [7, 11) is 0. The van der Waals surface area contributed by atoms with E-state index in [9.17, 15) is 4.79 Å². The summed E-state index contributed by atoms with van der Waals surface area (Å²) in [4.78, 5) is 19.0. The van der Waals surface area contributed by atoms with Gasteiger partial charge >= 0.3 is 0 Å². The minimum Gasteiger partial charge on any atom is -0.364 e. The van der Waals surface area contributed by atoms with Crippen molar-refractivity contribution in [3.63, 3.8) is 0 Å². The van der Waals surface area contributed by atoms with Gasteiger partial charge in [-0.1, -0.05) is 41.6 Å². The minimum atomic E-state index is -0.176. The zero-order valence-corrected chi connectivity index (χ0v) is 16.6. The second kappa shape index (κ2) is 9.80. The highest BCUT2D eigenvalue weighted by atomic mass is 16.5. The van der Waals surface area contributed by atoms with E-state index in [1.807, 2.05) is 36.5 Å². The van der Waals surface area contributed by atoms with Gasteiger partial charge in [0.15, 0.2) is 5.69 Å². The molecule has 2 aromatic heterocycles. The number of H-pyrrole nitrogens is 1. The molecular weight excluding hydrogens is 380 g/mol. The topological polar surface area (TPSA) is 99.4 Å². The van der Waals surface area contributed by atoms with E-state index < -0.39 is 0 Å². The standard InChI is InChI=1S/C22H24N6O2/c29-22(21-11-20(26-27-21)19-5-2-1-3-6-19)24-8-4-10-28(14-17-7-9-23-12-17)15-18-13-25-30-16-18/h1-3,5-7,11-13,16H,4,8-10,14-15H2,(H,24,29)(H,26,27). The molecule has 1 amide bonds. The first-order chi connectivity index (χ1) is 14.8. The average molecular weight is 404 g/mol. The molecule has 1 aromatic carbocycles. The lowest BCUT2D eigenvalue weighted by Crippen LogP contribution is -2.31. The first-order valence-electron chi connectivity index (χ1n) is 9.96. The molecule has 2 N–H and O–H groups in total. The Bertz CT molecular complexity index is 1010. The van der Waals surface area contributed by atoms with Crippen LogP contribution in [0.3, 0.4) is 0 Å². The molecule has 1 aliphatic heterocycles. The van der Waals surface area contributed by atoms with Crippen molar-refractivity contribution in [3.05, 3.63) is 71.8 Å². The molecule has 0 saturated heterocycles. The highest BCUT2D eigenvalue weighted by Crippen LogP contribution is 2.16. The third kappa shape index (κ3) is 5.30. The molecule has 0 aliphatic carbocycles. The molecule has 154 valence electrons. The van der Waals surface area contributed by atoms with Crippen molar-refractivity contribution < 1.29 is 9.32 Å². The molecule has 30 heavy (non-hydrogen) atoms. The van der Waals surface area contributed by atoms with Crippen molar-refractivity contribution in [1.82, 2.24) is 25.6 Å². The van der Waals surface area contributed by atoms with Crippen LogP contribution in [-0.2, 0) is 6.54 Å². The van der Waals surface area contributed by atoms with Gasteiger partial charge in [-0.25, -0.2) is 0 Å². The van der Waals surface area contributed by atoms with Crippen LogP contribution in [0, 0.1) is 0 Å². The summed E-state index contributed by atoms with van der Waals surface area (Å²) in [6, 6.07) is 11.6. The monoisotopic (exact) mass is 404 g/mol. The molecule has 8 nitrogen and oxygen atoms in total. The zero-order valence-electron chi connectivity index (χ0n) is 16.6. The normalized spacial score (nSPS) is 13.0. The fraction of sp³-hybridized carbons (Fsp3) is 0.273. The van der Waals surface area contributed by atoms with Gasteiger partial charge in [0, 0.05) is 38.0 Å². The maximum atomic E-state index is 12.4. The third-order valence-electron chi connectivity index (χ3n) is 4.84. The Balaban J connectivity index is 1.26. The van der Waals surface area contributed by atoms with Gasteiger partial charge in [-0.3, -0.25) is 19.8 Å². The van der Waals surface area contributed by atoms with Crippen molar-refractivity contribution in [3.8, 4) is 11.3 Å². The van der Waals surface area contributed by atoms with E-state index in [2.05, 4.69) is 36.6 Å². The van der Waals surface area contributed by atoms with Gasteiger partial charge in [0.2, 0.25) is 0 Å². The van der Waals surface area contributed by atoms with Gasteiger partial charge in [-0.05, 0) is 23.6 Å². The Morgan fingerprint density at radius 1 is 1.23 bits per heavy atom. The van der Waals surface area contributed by atoms with E-state index in [0.29, 0.717) is 12.2 Å². The third-order valence-corrected chi connectivity index (χ3v) is 4.84. The molecule has 0 unspecified atom stereocenters. The first-order valence-corrected chi connectivity index (χ1v) is 9.96. The Kier molecular flexibility index (Phi) is 6.46. The summed E-state index contributed by atoms with van der Waals surface area (Å²) in [5.74, 6) is -0.176. The fourth-order valence-corrected chi connectivity index (χ4v) is 3.33. The number of aliphatic imine (C=N–C) groups is 1. The van der Waals surface area contributed by atoms with E-state index in [1.54, 1.807) is 18.5 Å². The summed E-state index contributed by atoms with van der Waals surface area (Å²) >= 11 is 0. The van der Waals surface area contributed by atoms with Gasteiger partial charge in [0.1, 0.15) is 6.26 Å². The number of hydrogen-bond donors (Lipinski definition) is 2. The molecule has 0 saturated carbocycles. The summed E-state index contributed by atoms with van der Waals surface area (Å²) in [6.45, 7) is 3.69. The maximum absolute atomic E-state index is 12.4. The van der Waals surface area contributed by atoms with E-state index in [-0.39, 0.29) is 5.91 Å². The van der Waals surface area contributed by atoms with E-state index >= 15 is 0 Å². The van der Waals surface area contributed by atoms with Gasteiger partial charge < -0.3 is 9.84 Å². The second-order valence-electron chi connectivity index (χ2n) is 7.16. The summed E-state index contributed by atoms with van der Waals surface area (Å²) in [5, 5.41) is 13.8. The lowest BCUT2D eigenvalue weighted by Gasteiger charge is -2.21. The van der Waals surface area contributed by atoms with Crippen LogP contribution in [0.4, 0.5) is 0 Å². The Hall–Kier alpha value is -3.52. The molecule has 0 fully saturated rings. The van der Waals surface area contributed by atoms with Crippen molar-refractivity contribution in [1.29, 1.82) is 0 Å². The number of aromatic amines is 1. The number of benzene rings is 1. The molecule has 1 aliphatic rings. The predicted octanol–water partition coefficient (Wildman–Crippen LogP) is 2.70.